The van der Waals surface area contributed by atoms with Gasteiger partial charge in [-0.3, -0.25) is 0 Å². The van der Waals surface area contributed by atoms with Crippen LogP contribution in [-0.4, -0.2) is 53.1 Å². The number of aromatic nitrogens is 1. The summed E-state index contributed by atoms with van der Waals surface area (Å²) in [6.45, 7) is 6.32. The highest BCUT2D eigenvalue weighted by Crippen LogP contribution is 2.30. The number of nitrogens with zero attached hydrogens (tertiary/aromatic N) is 3. The molecule has 1 aromatic heterocycles. The number of hydrogen-bond acceptors (Lipinski definition) is 6. The van der Waals surface area contributed by atoms with Crippen LogP contribution in [0.3, 0.4) is 0 Å². The van der Waals surface area contributed by atoms with Gasteiger partial charge in [0.25, 0.3) is 0 Å². The molecule has 0 atom stereocenters. The minimum atomic E-state index is -0.633. The fourth-order valence-electron chi connectivity index (χ4n) is 3.49. The largest absolute Gasteiger partial charge is 0.494 e. The number of amides is 1. The van der Waals surface area contributed by atoms with E-state index in [9.17, 15) is 14.3 Å². The SMILES string of the molecule is COc1cc(Cl)ccc1N=c1scc(-c2ccc(F)cc2)n1CCCN(CCO)C(=O)OC(C)(C)C. The van der Waals surface area contributed by atoms with Crippen LogP contribution in [0.4, 0.5) is 14.9 Å². The van der Waals surface area contributed by atoms with E-state index in [0.717, 1.165) is 11.3 Å². The number of methoxy groups -OCH3 is 1. The monoisotopic (exact) mass is 535 g/mol. The highest BCUT2D eigenvalue weighted by molar-refractivity contribution is 7.07. The second-order valence-electron chi connectivity index (χ2n) is 9.03. The molecule has 7 nitrogen and oxygen atoms in total. The number of hydrogen-bond donors (Lipinski definition) is 1. The molecule has 194 valence electrons. The maximum atomic E-state index is 13.6. The first-order valence-electron chi connectivity index (χ1n) is 11.5. The van der Waals surface area contributed by atoms with Gasteiger partial charge in [0.2, 0.25) is 0 Å². The molecule has 1 N–H and O–H groups in total. The lowest BCUT2D eigenvalue weighted by atomic mass is 10.1. The van der Waals surface area contributed by atoms with Crippen LogP contribution in [0.1, 0.15) is 27.2 Å². The number of carbonyl (C=O) groups excluding carboxylic acids is 1. The number of benzene rings is 2. The van der Waals surface area contributed by atoms with Crippen molar-refractivity contribution in [2.45, 2.75) is 39.3 Å². The van der Waals surface area contributed by atoms with Crippen molar-refractivity contribution in [3.63, 3.8) is 0 Å². The van der Waals surface area contributed by atoms with E-state index >= 15 is 0 Å². The Morgan fingerprint density at radius 3 is 2.56 bits per heavy atom. The maximum Gasteiger partial charge on any atom is 0.410 e. The van der Waals surface area contributed by atoms with Gasteiger partial charge in [0.05, 0.1) is 19.4 Å². The van der Waals surface area contributed by atoms with E-state index in [4.69, 9.17) is 26.1 Å². The third kappa shape index (κ3) is 7.56. The summed E-state index contributed by atoms with van der Waals surface area (Å²) in [6.07, 6.45) is 0.108. The van der Waals surface area contributed by atoms with Crippen molar-refractivity contribution in [1.29, 1.82) is 0 Å². The van der Waals surface area contributed by atoms with Crippen LogP contribution in [0.25, 0.3) is 11.3 Å². The Hall–Kier alpha value is -2.88. The summed E-state index contributed by atoms with van der Waals surface area (Å²) in [4.78, 5) is 19.6. The predicted octanol–water partition coefficient (Wildman–Crippen LogP) is 5.87. The van der Waals surface area contributed by atoms with Gasteiger partial charge < -0.3 is 24.0 Å². The number of rotatable bonds is 9. The Balaban J connectivity index is 1.93. The second kappa shape index (κ2) is 12.4. The summed E-state index contributed by atoms with van der Waals surface area (Å²) >= 11 is 7.55. The number of thiazole rings is 1. The van der Waals surface area contributed by atoms with E-state index in [1.54, 1.807) is 58.2 Å². The minimum Gasteiger partial charge on any atom is -0.494 e. The number of halogens is 2. The van der Waals surface area contributed by atoms with Crippen molar-refractivity contribution in [2.24, 2.45) is 4.99 Å². The molecular weight excluding hydrogens is 505 g/mol. The molecule has 10 heteroatoms. The molecule has 0 saturated heterocycles. The summed E-state index contributed by atoms with van der Waals surface area (Å²) < 4.78 is 26.5. The number of carbonyl (C=O) groups is 1. The summed E-state index contributed by atoms with van der Waals surface area (Å²) in [7, 11) is 1.56. The van der Waals surface area contributed by atoms with E-state index in [1.807, 2.05) is 9.95 Å². The molecule has 0 saturated carbocycles. The zero-order valence-electron chi connectivity index (χ0n) is 20.8. The van der Waals surface area contributed by atoms with E-state index in [2.05, 4.69) is 0 Å². The third-order valence-electron chi connectivity index (χ3n) is 5.13. The van der Waals surface area contributed by atoms with Gasteiger partial charge in [-0.05, 0) is 69.2 Å². The van der Waals surface area contributed by atoms with Gasteiger partial charge in [-0.2, -0.15) is 0 Å². The Morgan fingerprint density at radius 1 is 1.19 bits per heavy atom. The zero-order chi connectivity index (χ0) is 26.3. The number of aliphatic hydroxyl groups excluding tert-OH is 1. The van der Waals surface area contributed by atoms with Gasteiger partial charge in [0, 0.05) is 36.1 Å². The fourth-order valence-corrected chi connectivity index (χ4v) is 4.60. The van der Waals surface area contributed by atoms with Gasteiger partial charge in [-0.1, -0.05) is 11.6 Å². The van der Waals surface area contributed by atoms with Crippen molar-refractivity contribution >= 4 is 34.7 Å². The Labute approximate surface area is 219 Å². The molecular formula is C26H31ClFN3O4S. The molecule has 0 bridgehead atoms. The molecule has 3 aromatic rings. The Kier molecular flexibility index (Phi) is 9.53. The van der Waals surface area contributed by atoms with Crippen molar-refractivity contribution < 1.29 is 23.8 Å². The van der Waals surface area contributed by atoms with Crippen molar-refractivity contribution in [2.75, 3.05) is 26.8 Å². The van der Waals surface area contributed by atoms with E-state index in [-0.39, 0.29) is 19.0 Å². The lowest BCUT2D eigenvalue weighted by molar-refractivity contribution is 0.0215. The zero-order valence-corrected chi connectivity index (χ0v) is 22.4. The van der Waals surface area contributed by atoms with Crippen LogP contribution < -0.4 is 9.54 Å². The Morgan fingerprint density at radius 2 is 1.92 bits per heavy atom. The summed E-state index contributed by atoms with van der Waals surface area (Å²) in [5.41, 5.74) is 1.71. The van der Waals surface area contributed by atoms with Crippen molar-refractivity contribution in [3.05, 3.63) is 63.5 Å². The second-order valence-corrected chi connectivity index (χ2v) is 10.3. The first-order chi connectivity index (χ1) is 17.1. The molecule has 0 aliphatic carbocycles. The fraction of sp³-hybridized carbons (Fsp3) is 0.385. The topological polar surface area (TPSA) is 76.3 Å². The maximum absolute atomic E-state index is 13.6. The van der Waals surface area contributed by atoms with Gasteiger partial charge in [0.15, 0.2) is 4.80 Å². The highest BCUT2D eigenvalue weighted by Gasteiger charge is 2.22. The molecule has 0 aliphatic heterocycles. The van der Waals surface area contributed by atoms with Crippen LogP contribution in [-0.2, 0) is 11.3 Å². The molecule has 1 heterocycles. The van der Waals surface area contributed by atoms with Gasteiger partial charge >= 0.3 is 6.09 Å². The predicted molar refractivity (Wildman–Crippen MR) is 140 cm³/mol. The average Bonchev–Trinajstić information content (AvgIpc) is 3.21. The van der Waals surface area contributed by atoms with E-state index in [0.29, 0.717) is 40.8 Å². The number of aliphatic hydroxyl groups is 1. The minimum absolute atomic E-state index is 0.164. The lowest BCUT2D eigenvalue weighted by Gasteiger charge is -2.27. The molecule has 36 heavy (non-hydrogen) atoms. The molecule has 2 aromatic carbocycles. The van der Waals surface area contributed by atoms with E-state index < -0.39 is 11.7 Å². The van der Waals surface area contributed by atoms with E-state index in [1.165, 1.54) is 28.4 Å². The first kappa shape index (κ1) is 27.7. The highest BCUT2D eigenvalue weighted by atomic mass is 35.5. The van der Waals surface area contributed by atoms with Crippen LogP contribution in [0, 0.1) is 5.82 Å². The van der Waals surface area contributed by atoms with Crippen molar-refractivity contribution in [3.8, 4) is 17.0 Å². The van der Waals surface area contributed by atoms with Crippen LogP contribution >= 0.6 is 22.9 Å². The summed E-state index contributed by atoms with van der Waals surface area (Å²) in [5.74, 6) is 0.234. The standard InChI is InChI=1S/C26H31ClFN3O4S/c1-26(2,3)35-25(33)30(14-15-32)12-5-13-31-22(18-6-9-20(28)10-7-18)17-36-24(31)29-21-11-8-19(27)16-23(21)34-4/h6-11,16-17,32H,5,12-15H2,1-4H3. The van der Waals surface area contributed by atoms with Gasteiger partial charge in [-0.25, -0.2) is 14.2 Å². The van der Waals surface area contributed by atoms with Gasteiger partial charge in [-0.15, -0.1) is 11.3 Å². The van der Waals surface area contributed by atoms with Crippen LogP contribution in [0.5, 0.6) is 5.75 Å². The number of ether oxygens (including phenoxy) is 2. The van der Waals surface area contributed by atoms with Crippen LogP contribution in [0.2, 0.25) is 5.02 Å². The molecule has 0 spiro atoms. The molecule has 0 fully saturated rings. The lowest BCUT2D eigenvalue weighted by Crippen LogP contribution is -2.39. The molecule has 3 rings (SSSR count). The Bertz CT molecular complexity index is 1240. The molecule has 0 unspecified atom stereocenters. The summed E-state index contributed by atoms with van der Waals surface area (Å²) in [6, 6.07) is 11.5. The third-order valence-corrected chi connectivity index (χ3v) is 6.23. The van der Waals surface area contributed by atoms with Crippen LogP contribution in [0.15, 0.2) is 52.8 Å². The smallest absolute Gasteiger partial charge is 0.410 e. The molecule has 0 aliphatic rings. The first-order valence-corrected chi connectivity index (χ1v) is 12.8. The normalized spacial score (nSPS) is 12.0. The quantitative estimate of drug-likeness (QED) is 0.372. The molecule has 1 amide bonds. The van der Waals surface area contributed by atoms with Gasteiger partial charge in [0.1, 0.15) is 22.9 Å². The van der Waals surface area contributed by atoms with Crippen molar-refractivity contribution in [1.82, 2.24) is 9.47 Å². The molecule has 0 radical (unpaired) electrons. The average molecular weight is 536 g/mol. The summed E-state index contributed by atoms with van der Waals surface area (Å²) in [5, 5.41) is 12.0.